The molecule has 1 amide bonds. The molecule has 22 heavy (non-hydrogen) atoms. The van der Waals surface area contributed by atoms with E-state index in [1.165, 1.54) is 12.8 Å². The largest absolute Gasteiger partial charge is 0.345 e. The fourth-order valence-corrected chi connectivity index (χ4v) is 2.93. The molecule has 1 aliphatic heterocycles. The quantitative estimate of drug-likeness (QED) is 0.947. The van der Waals surface area contributed by atoms with Crippen molar-refractivity contribution in [2.24, 2.45) is 0 Å². The molecule has 2 heterocycles. The summed E-state index contributed by atoms with van der Waals surface area (Å²) in [6.45, 7) is 5.38. The van der Waals surface area contributed by atoms with E-state index in [9.17, 15) is 4.79 Å². The Labute approximate surface area is 130 Å². The van der Waals surface area contributed by atoms with Gasteiger partial charge in [-0.2, -0.15) is 0 Å². The van der Waals surface area contributed by atoms with Crippen molar-refractivity contribution in [2.45, 2.75) is 52.6 Å². The topological polar surface area (TPSA) is 59.8 Å². The molecule has 1 aromatic heterocycles. The Hall–Kier alpha value is -2.17. The first-order valence-electron chi connectivity index (χ1n) is 7.92. The molecule has 0 saturated heterocycles. The summed E-state index contributed by atoms with van der Waals surface area (Å²) in [7, 11) is 0. The number of nitrogens with one attached hydrogen (secondary N) is 1. The van der Waals surface area contributed by atoms with Crippen molar-refractivity contribution in [3.63, 3.8) is 0 Å². The van der Waals surface area contributed by atoms with Crippen molar-refractivity contribution >= 4 is 5.91 Å². The number of carbonyl (C=O) groups is 1. The van der Waals surface area contributed by atoms with Crippen molar-refractivity contribution in [3.05, 3.63) is 46.5 Å². The molecule has 1 aliphatic rings. The average Bonchev–Trinajstić information content (AvgIpc) is 2.74. The van der Waals surface area contributed by atoms with Crippen LogP contribution >= 0.6 is 0 Å². The molecule has 0 spiro atoms. The van der Waals surface area contributed by atoms with Gasteiger partial charge in [0.2, 0.25) is 0 Å². The molecule has 5 nitrogen and oxygen atoms in total. The number of carbonyl (C=O) groups excluding carboxylic acids is 1. The summed E-state index contributed by atoms with van der Waals surface area (Å²) < 4.78 is 2.16. The normalized spacial score (nSPS) is 14.3. The van der Waals surface area contributed by atoms with Crippen LogP contribution in [-0.4, -0.2) is 20.7 Å². The molecule has 5 heteroatoms. The number of fused-ring (bicyclic) bond motifs is 1. The zero-order chi connectivity index (χ0) is 15.5. The van der Waals surface area contributed by atoms with Crippen LogP contribution in [-0.2, 0) is 19.5 Å². The van der Waals surface area contributed by atoms with Gasteiger partial charge in [0, 0.05) is 18.5 Å². The van der Waals surface area contributed by atoms with Gasteiger partial charge in [-0.25, -0.2) is 0 Å². The standard InChI is InChI=1S/C17H22N4O/c1-12-7-6-8-14(13(12)2)17(22)18-11-16-20-19-15-9-4-3-5-10-21(15)16/h6-8H,3-5,9-11H2,1-2H3,(H,18,22). The Morgan fingerprint density at radius 2 is 2.09 bits per heavy atom. The molecular weight excluding hydrogens is 276 g/mol. The predicted octanol–water partition coefficient (Wildman–Crippen LogP) is 2.55. The van der Waals surface area contributed by atoms with Gasteiger partial charge in [-0.3, -0.25) is 4.79 Å². The van der Waals surface area contributed by atoms with Crippen LogP contribution in [0.3, 0.4) is 0 Å². The Morgan fingerprint density at radius 1 is 1.23 bits per heavy atom. The highest BCUT2D eigenvalue weighted by Gasteiger charge is 2.16. The minimum Gasteiger partial charge on any atom is -0.345 e. The summed E-state index contributed by atoms with van der Waals surface area (Å²) >= 11 is 0. The summed E-state index contributed by atoms with van der Waals surface area (Å²) in [5.74, 6) is 1.86. The lowest BCUT2D eigenvalue weighted by Gasteiger charge is -2.10. The molecule has 0 aliphatic carbocycles. The molecule has 0 atom stereocenters. The summed E-state index contributed by atoms with van der Waals surface area (Å²) in [5.41, 5.74) is 2.89. The van der Waals surface area contributed by atoms with E-state index in [1.54, 1.807) is 0 Å². The lowest BCUT2D eigenvalue weighted by molar-refractivity contribution is 0.0948. The number of rotatable bonds is 3. The zero-order valence-corrected chi connectivity index (χ0v) is 13.2. The fraction of sp³-hybridized carbons (Fsp3) is 0.471. The molecule has 0 saturated carbocycles. The number of benzene rings is 1. The number of hydrogen-bond donors (Lipinski definition) is 1. The van der Waals surface area contributed by atoms with E-state index in [1.807, 2.05) is 32.0 Å². The van der Waals surface area contributed by atoms with Gasteiger partial charge >= 0.3 is 0 Å². The fourth-order valence-electron chi connectivity index (χ4n) is 2.93. The maximum atomic E-state index is 12.4. The molecule has 0 bridgehead atoms. The lowest BCUT2D eigenvalue weighted by Crippen LogP contribution is -2.25. The van der Waals surface area contributed by atoms with E-state index in [0.29, 0.717) is 6.54 Å². The average molecular weight is 298 g/mol. The van der Waals surface area contributed by atoms with Crippen LogP contribution in [0.4, 0.5) is 0 Å². The maximum absolute atomic E-state index is 12.4. The van der Waals surface area contributed by atoms with Crippen LogP contribution in [0.15, 0.2) is 18.2 Å². The van der Waals surface area contributed by atoms with Crippen molar-refractivity contribution in [3.8, 4) is 0 Å². The van der Waals surface area contributed by atoms with Crippen LogP contribution in [0.2, 0.25) is 0 Å². The van der Waals surface area contributed by atoms with Crippen molar-refractivity contribution in [2.75, 3.05) is 0 Å². The van der Waals surface area contributed by atoms with Gasteiger partial charge in [-0.15, -0.1) is 10.2 Å². The van der Waals surface area contributed by atoms with Crippen LogP contribution in [0, 0.1) is 13.8 Å². The van der Waals surface area contributed by atoms with Gasteiger partial charge < -0.3 is 9.88 Å². The summed E-state index contributed by atoms with van der Waals surface area (Å²) in [5, 5.41) is 11.5. The van der Waals surface area contributed by atoms with Crippen molar-refractivity contribution < 1.29 is 4.79 Å². The summed E-state index contributed by atoms with van der Waals surface area (Å²) in [6, 6.07) is 5.80. The second kappa shape index (κ2) is 6.30. The van der Waals surface area contributed by atoms with Crippen molar-refractivity contribution in [1.82, 2.24) is 20.1 Å². The molecule has 2 aromatic rings. The first kappa shape index (κ1) is 14.8. The molecule has 1 N–H and O–H groups in total. The third-order valence-electron chi connectivity index (χ3n) is 4.44. The molecular formula is C17H22N4O. The number of amides is 1. The molecule has 1 aromatic carbocycles. The van der Waals surface area contributed by atoms with Gasteiger partial charge in [0.25, 0.3) is 5.91 Å². The Bertz CT molecular complexity index is 690. The summed E-state index contributed by atoms with van der Waals surface area (Å²) in [6.07, 6.45) is 4.55. The van der Waals surface area contributed by atoms with E-state index in [4.69, 9.17) is 0 Å². The minimum atomic E-state index is -0.0489. The highest BCUT2D eigenvalue weighted by atomic mass is 16.1. The van der Waals surface area contributed by atoms with Gasteiger partial charge in [-0.05, 0) is 43.9 Å². The lowest BCUT2D eigenvalue weighted by atomic mass is 10.0. The number of nitrogens with zero attached hydrogens (tertiary/aromatic N) is 3. The van der Waals surface area contributed by atoms with Crippen molar-refractivity contribution in [1.29, 1.82) is 0 Å². The summed E-state index contributed by atoms with van der Waals surface area (Å²) in [4.78, 5) is 12.4. The Morgan fingerprint density at radius 3 is 2.95 bits per heavy atom. The smallest absolute Gasteiger partial charge is 0.251 e. The van der Waals surface area contributed by atoms with Gasteiger partial charge in [0.1, 0.15) is 5.82 Å². The third kappa shape index (κ3) is 2.89. The maximum Gasteiger partial charge on any atom is 0.251 e. The second-order valence-electron chi connectivity index (χ2n) is 5.92. The Kier molecular flexibility index (Phi) is 4.22. The monoisotopic (exact) mass is 298 g/mol. The van der Waals surface area contributed by atoms with E-state index in [2.05, 4.69) is 20.1 Å². The first-order valence-corrected chi connectivity index (χ1v) is 7.92. The zero-order valence-electron chi connectivity index (χ0n) is 13.2. The van der Waals surface area contributed by atoms with Crippen LogP contribution in [0.1, 0.15) is 52.4 Å². The van der Waals surface area contributed by atoms with Crippen LogP contribution < -0.4 is 5.32 Å². The van der Waals surface area contributed by atoms with Gasteiger partial charge in [-0.1, -0.05) is 18.6 Å². The van der Waals surface area contributed by atoms with E-state index in [0.717, 1.165) is 47.7 Å². The Balaban J connectivity index is 1.71. The predicted molar refractivity (Wildman–Crippen MR) is 84.7 cm³/mol. The number of hydrogen-bond acceptors (Lipinski definition) is 3. The number of aryl methyl sites for hydroxylation is 2. The molecule has 3 rings (SSSR count). The molecule has 0 fully saturated rings. The third-order valence-corrected chi connectivity index (χ3v) is 4.44. The highest BCUT2D eigenvalue weighted by Crippen LogP contribution is 2.15. The first-order chi connectivity index (χ1) is 10.7. The van der Waals surface area contributed by atoms with Crippen LogP contribution in [0.25, 0.3) is 0 Å². The molecule has 0 unspecified atom stereocenters. The van der Waals surface area contributed by atoms with Crippen LogP contribution in [0.5, 0.6) is 0 Å². The number of aromatic nitrogens is 3. The molecule has 116 valence electrons. The second-order valence-corrected chi connectivity index (χ2v) is 5.92. The minimum absolute atomic E-state index is 0.0489. The van der Waals surface area contributed by atoms with E-state index < -0.39 is 0 Å². The van der Waals surface area contributed by atoms with Gasteiger partial charge in [0.15, 0.2) is 5.82 Å². The SMILES string of the molecule is Cc1cccc(C(=O)NCc2nnc3n2CCCCC3)c1C. The molecule has 0 radical (unpaired) electrons. The highest BCUT2D eigenvalue weighted by molar-refractivity contribution is 5.95. The van der Waals surface area contributed by atoms with E-state index >= 15 is 0 Å². The van der Waals surface area contributed by atoms with Gasteiger partial charge in [0.05, 0.1) is 6.54 Å². The van der Waals surface area contributed by atoms with E-state index in [-0.39, 0.29) is 5.91 Å².